The lowest BCUT2D eigenvalue weighted by atomic mass is 9.96. The highest BCUT2D eigenvalue weighted by Gasteiger charge is 2.33. The van der Waals surface area contributed by atoms with Gasteiger partial charge in [-0.25, -0.2) is 9.79 Å². The van der Waals surface area contributed by atoms with Gasteiger partial charge in [-0.3, -0.25) is 19.5 Å². The standard InChI is InChI=1S/C22H19N3O6S2/c1-4-30-21(27)18-12(2)23-22-24(19(18)13-5-8-15(32-3)9-6-13)20(26)16(33-22)11-14-7-10-17(31-14)25(28)29/h5-11,19H,4H2,1-3H3/b16-11-/t19-/m1/s1. The average molecular weight is 486 g/mol. The number of esters is 1. The molecule has 3 heterocycles. The van der Waals surface area contributed by atoms with Crippen LogP contribution in [0.2, 0.25) is 0 Å². The maximum absolute atomic E-state index is 13.4. The van der Waals surface area contributed by atoms with E-state index in [0.29, 0.717) is 16.1 Å². The number of hydrogen-bond acceptors (Lipinski definition) is 9. The van der Waals surface area contributed by atoms with Gasteiger partial charge in [0.1, 0.15) is 10.7 Å². The van der Waals surface area contributed by atoms with Gasteiger partial charge >= 0.3 is 11.9 Å². The lowest BCUT2D eigenvalue weighted by Crippen LogP contribution is -2.39. The summed E-state index contributed by atoms with van der Waals surface area (Å²) in [6, 6.07) is 9.53. The molecule has 0 radical (unpaired) electrons. The van der Waals surface area contributed by atoms with Gasteiger partial charge in [-0.05, 0) is 43.9 Å². The highest BCUT2D eigenvalue weighted by molar-refractivity contribution is 7.98. The van der Waals surface area contributed by atoms with E-state index in [-0.39, 0.29) is 22.5 Å². The van der Waals surface area contributed by atoms with Gasteiger partial charge in [0, 0.05) is 11.0 Å². The minimum Gasteiger partial charge on any atom is -0.463 e. The molecule has 0 bridgehead atoms. The van der Waals surface area contributed by atoms with Crippen molar-refractivity contribution in [3.8, 4) is 0 Å². The molecular weight excluding hydrogens is 466 g/mol. The first-order chi connectivity index (χ1) is 15.8. The Morgan fingerprint density at radius 1 is 1.33 bits per heavy atom. The molecule has 0 spiro atoms. The van der Waals surface area contributed by atoms with Gasteiger partial charge in [-0.2, -0.15) is 0 Å². The number of carbonyl (C=O) groups is 1. The molecule has 0 unspecified atom stereocenters. The molecule has 3 aromatic rings. The zero-order valence-corrected chi connectivity index (χ0v) is 19.6. The third-order valence-corrected chi connectivity index (χ3v) is 6.74. The van der Waals surface area contributed by atoms with Crippen molar-refractivity contribution in [2.75, 3.05) is 12.9 Å². The van der Waals surface area contributed by atoms with Gasteiger partial charge in [0.2, 0.25) is 0 Å². The number of allylic oxidation sites excluding steroid dienone is 1. The SMILES string of the molecule is CCOC(=O)C1=C(C)N=c2s/c(=C\c3ccc([N+](=O)[O-])o3)c(=O)n2[C@@H]1c1ccc(SC)cc1. The summed E-state index contributed by atoms with van der Waals surface area (Å²) in [6.07, 6.45) is 3.40. The number of nitro groups is 1. The third-order valence-electron chi connectivity index (χ3n) is 5.01. The van der Waals surface area contributed by atoms with E-state index < -0.39 is 22.8 Å². The van der Waals surface area contributed by atoms with Crippen LogP contribution in [0.25, 0.3) is 6.08 Å². The Morgan fingerprint density at radius 3 is 2.67 bits per heavy atom. The average Bonchev–Trinajstić information content (AvgIpc) is 3.38. The monoisotopic (exact) mass is 485 g/mol. The minimum atomic E-state index is -0.718. The van der Waals surface area contributed by atoms with Gasteiger partial charge in [-0.1, -0.05) is 23.5 Å². The molecule has 170 valence electrons. The lowest BCUT2D eigenvalue weighted by molar-refractivity contribution is -0.402. The van der Waals surface area contributed by atoms with Crippen LogP contribution in [-0.4, -0.2) is 28.3 Å². The Kier molecular flexibility index (Phi) is 6.34. The first-order valence-electron chi connectivity index (χ1n) is 9.92. The van der Waals surface area contributed by atoms with Crippen molar-refractivity contribution in [1.82, 2.24) is 4.57 Å². The van der Waals surface area contributed by atoms with Crippen molar-refractivity contribution in [2.45, 2.75) is 24.8 Å². The van der Waals surface area contributed by atoms with Crippen LogP contribution in [0.5, 0.6) is 0 Å². The van der Waals surface area contributed by atoms with Crippen molar-refractivity contribution < 1.29 is 18.9 Å². The second-order valence-corrected chi connectivity index (χ2v) is 8.90. The minimum absolute atomic E-state index is 0.175. The summed E-state index contributed by atoms with van der Waals surface area (Å²) >= 11 is 2.71. The molecule has 0 aliphatic carbocycles. The Balaban J connectivity index is 1.91. The van der Waals surface area contributed by atoms with E-state index in [0.717, 1.165) is 21.8 Å². The third kappa shape index (κ3) is 4.29. The summed E-state index contributed by atoms with van der Waals surface area (Å²) in [4.78, 5) is 42.5. The molecule has 9 nitrogen and oxygen atoms in total. The molecule has 1 aromatic carbocycles. The van der Waals surface area contributed by atoms with Crippen molar-refractivity contribution in [3.63, 3.8) is 0 Å². The molecule has 2 aromatic heterocycles. The van der Waals surface area contributed by atoms with Gasteiger partial charge in [0.15, 0.2) is 4.80 Å². The topological polar surface area (TPSA) is 117 Å². The zero-order chi connectivity index (χ0) is 23.7. The summed E-state index contributed by atoms with van der Waals surface area (Å²) in [7, 11) is 0. The Morgan fingerprint density at radius 2 is 2.06 bits per heavy atom. The fourth-order valence-corrected chi connectivity index (χ4v) is 4.98. The first-order valence-corrected chi connectivity index (χ1v) is 12.0. The van der Waals surface area contributed by atoms with Crippen molar-refractivity contribution in [3.05, 3.63) is 88.8 Å². The summed E-state index contributed by atoms with van der Waals surface area (Å²) in [6.45, 7) is 3.62. The molecule has 33 heavy (non-hydrogen) atoms. The van der Waals surface area contributed by atoms with Crippen molar-refractivity contribution in [2.24, 2.45) is 4.99 Å². The van der Waals surface area contributed by atoms with E-state index in [4.69, 9.17) is 9.15 Å². The van der Waals surface area contributed by atoms with Gasteiger partial charge in [0.05, 0.1) is 34.5 Å². The Bertz CT molecular complexity index is 1450. The fourth-order valence-electron chi connectivity index (χ4n) is 3.54. The Hall–Kier alpha value is -3.44. The number of nitrogens with zero attached hydrogens (tertiary/aromatic N) is 3. The zero-order valence-electron chi connectivity index (χ0n) is 17.9. The predicted octanol–water partition coefficient (Wildman–Crippen LogP) is 3.02. The predicted molar refractivity (Wildman–Crippen MR) is 124 cm³/mol. The highest BCUT2D eigenvalue weighted by atomic mass is 32.2. The molecule has 0 saturated heterocycles. The number of carbonyl (C=O) groups excluding carboxylic acids is 1. The Labute approximate surface area is 195 Å². The van der Waals surface area contributed by atoms with E-state index in [1.165, 1.54) is 22.8 Å². The van der Waals surface area contributed by atoms with Gasteiger partial charge < -0.3 is 9.15 Å². The highest BCUT2D eigenvalue weighted by Crippen LogP contribution is 2.31. The quantitative estimate of drug-likeness (QED) is 0.228. The number of aromatic nitrogens is 1. The van der Waals surface area contributed by atoms with Crippen LogP contribution in [0.4, 0.5) is 5.88 Å². The number of ether oxygens (including phenoxy) is 1. The lowest BCUT2D eigenvalue weighted by Gasteiger charge is -2.24. The fraction of sp³-hybridized carbons (Fsp3) is 0.227. The number of thioether (sulfide) groups is 1. The molecule has 1 atom stereocenters. The van der Waals surface area contributed by atoms with E-state index in [1.807, 2.05) is 30.5 Å². The largest absolute Gasteiger partial charge is 0.463 e. The molecule has 0 saturated carbocycles. The van der Waals surface area contributed by atoms with E-state index in [2.05, 4.69) is 4.99 Å². The van der Waals surface area contributed by atoms with E-state index >= 15 is 0 Å². The van der Waals surface area contributed by atoms with Gasteiger partial charge in [0.25, 0.3) is 5.56 Å². The van der Waals surface area contributed by atoms with Crippen LogP contribution >= 0.6 is 23.1 Å². The first kappa shape index (κ1) is 22.7. The molecule has 11 heteroatoms. The molecule has 1 aliphatic rings. The second-order valence-electron chi connectivity index (χ2n) is 7.01. The number of fused-ring (bicyclic) bond motifs is 1. The van der Waals surface area contributed by atoms with Crippen molar-refractivity contribution in [1.29, 1.82) is 0 Å². The van der Waals surface area contributed by atoms with Crippen LogP contribution in [0.3, 0.4) is 0 Å². The maximum atomic E-state index is 13.4. The normalized spacial score (nSPS) is 15.8. The summed E-state index contributed by atoms with van der Waals surface area (Å²) in [5.74, 6) is -0.774. The number of thiazole rings is 1. The molecular formula is C22H19N3O6S2. The van der Waals surface area contributed by atoms with Gasteiger partial charge in [-0.15, -0.1) is 11.8 Å². The molecule has 4 rings (SSSR count). The number of hydrogen-bond donors (Lipinski definition) is 0. The smallest absolute Gasteiger partial charge is 0.433 e. The van der Waals surface area contributed by atoms with Crippen LogP contribution in [0.1, 0.15) is 31.2 Å². The van der Waals surface area contributed by atoms with E-state index in [9.17, 15) is 19.7 Å². The maximum Gasteiger partial charge on any atom is 0.433 e. The van der Waals surface area contributed by atoms with Crippen LogP contribution < -0.4 is 14.9 Å². The summed E-state index contributed by atoms with van der Waals surface area (Å²) in [5, 5.41) is 10.9. The molecule has 1 aliphatic heterocycles. The molecule has 0 amide bonds. The summed E-state index contributed by atoms with van der Waals surface area (Å²) < 4.78 is 12.2. The molecule has 0 fully saturated rings. The number of furan rings is 1. The van der Waals surface area contributed by atoms with E-state index in [1.54, 1.807) is 25.6 Å². The van der Waals surface area contributed by atoms with Crippen LogP contribution in [0, 0.1) is 10.1 Å². The molecule has 0 N–H and O–H groups in total. The van der Waals surface area contributed by atoms with Crippen molar-refractivity contribution >= 4 is 41.0 Å². The van der Waals surface area contributed by atoms with Crippen LogP contribution in [0.15, 0.2) is 66.8 Å². The number of rotatable bonds is 6. The number of benzene rings is 1. The second kappa shape index (κ2) is 9.20. The van der Waals surface area contributed by atoms with Crippen LogP contribution in [-0.2, 0) is 9.53 Å². The summed E-state index contributed by atoms with van der Waals surface area (Å²) in [5.41, 5.74) is 1.12.